The van der Waals surface area contributed by atoms with Crippen molar-refractivity contribution in [2.45, 2.75) is 81.9 Å². The molecule has 0 N–H and O–H groups in total. The maximum atomic E-state index is 2.31. The lowest BCUT2D eigenvalue weighted by Gasteiger charge is -2.38. The molecule has 0 aromatic heterocycles. The number of hydrogen-bond acceptors (Lipinski definition) is 12. The van der Waals surface area contributed by atoms with Crippen LogP contribution < -0.4 is 0 Å². The molecule has 2 aliphatic carbocycles. The van der Waals surface area contributed by atoms with Crippen LogP contribution >= 0.6 is 124 Å². The quantitative estimate of drug-likeness (QED) is 0.0292. The van der Waals surface area contributed by atoms with Crippen LogP contribution in [0.1, 0.15) is 97.6 Å². The van der Waals surface area contributed by atoms with Gasteiger partial charge in [0.2, 0.25) is 0 Å². The summed E-state index contributed by atoms with van der Waals surface area (Å²) < 4.78 is -0.245. The van der Waals surface area contributed by atoms with E-state index in [4.69, 9.17) is 0 Å². The lowest BCUT2D eigenvalue weighted by Crippen LogP contribution is -2.25. The second-order valence-corrected chi connectivity index (χ2v) is 34.9. The molecule has 0 bridgehead atoms. The van der Waals surface area contributed by atoms with Crippen LogP contribution in [-0.2, 0) is 9.49 Å². The highest BCUT2D eigenvalue weighted by Crippen LogP contribution is 2.69. The third-order valence-corrected chi connectivity index (χ3v) is 35.8. The summed E-state index contributed by atoms with van der Waals surface area (Å²) in [6.07, 6.45) is 13.0. The smallest absolute Gasteiger partial charge is 0.0637 e. The minimum Gasteiger partial charge on any atom is -0.0637 e. The molecule has 2 saturated carbocycles. The Labute approximate surface area is 416 Å². The molecule has 0 saturated heterocycles. The highest BCUT2D eigenvalue weighted by Gasteiger charge is 2.42. The molecule has 0 amide bonds. The van der Waals surface area contributed by atoms with E-state index in [1.54, 1.807) is 0 Å². The van der Waals surface area contributed by atoms with Gasteiger partial charge >= 0.3 is 0 Å². The molecule has 0 nitrogen and oxygen atoms in total. The summed E-state index contributed by atoms with van der Waals surface area (Å²) >= 11 is 0. The third-order valence-electron chi connectivity index (χ3n) is 11.5. The molecule has 0 unspecified atom stereocenters. The first-order valence-electron chi connectivity index (χ1n) is 21.1. The molecule has 0 spiro atoms. The first kappa shape index (κ1) is 48.0. The monoisotopic (exact) mass is 1030 g/mol. The van der Waals surface area contributed by atoms with Crippen LogP contribution in [0, 0.1) is 0 Å². The van der Waals surface area contributed by atoms with Crippen molar-refractivity contribution >= 4 is 124 Å². The van der Waals surface area contributed by atoms with Crippen molar-refractivity contribution in [1.82, 2.24) is 0 Å². The average Bonchev–Trinajstić information content (AvgIpc) is 3.35. The summed E-state index contributed by atoms with van der Waals surface area (Å²) in [7, 11) is 24.5. The summed E-state index contributed by atoms with van der Waals surface area (Å²) in [6.45, 7) is 0. The Morgan fingerprint density at radius 1 is 0.258 bits per heavy atom. The predicted molar refractivity (Wildman–Crippen MR) is 301 cm³/mol. The van der Waals surface area contributed by atoms with Gasteiger partial charge < -0.3 is 0 Å². The van der Waals surface area contributed by atoms with Gasteiger partial charge in [-0.15, -0.1) is 0 Å². The highest BCUT2D eigenvalue weighted by atomic mass is 33.9. The van der Waals surface area contributed by atoms with E-state index in [1.807, 2.05) is 80.5 Å². The Balaban J connectivity index is 0.901. The fourth-order valence-electron chi connectivity index (χ4n) is 8.30. The van der Waals surface area contributed by atoms with Crippen molar-refractivity contribution in [2.75, 3.05) is 0 Å². The molecule has 0 atom stereocenters. The Hall–Kier alpha value is -0.480. The zero-order valence-corrected chi connectivity index (χ0v) is 44.1. The Kier molecular flexibility index (Phi) is 19.0. The molecule has 0 radical (unpaired) electrons. The van der Waals surface area contributed by atoms with Crippen molar-refractivity contribution in [1.29, 1.82) is 0 Å². The summed E-state index contributed by atoms with van der Waals surface area (Å²) in [5.41, 5.74) is 7.95. The summed E-state index contributed by atoms with van der Waals surface area (Å²) in [6, 6.07) is 66.8. The van der Waals surface area contributed by atoms with Crippen LogP contribution in [0.3, 0.4) is 0 Å². The normalized spacial score (nSPS) is 16.5. The second kappa shape index (κ2) is 24.5. The molecule has 8 rings (SSSR count). The molecular weight excluding hydrogens is 985 g/mol. The Morgan fingerprint density at radius 2 is 0.484 bits per heavy atom. The standard InChI is InChI=1S/C50H50S12/c1-9-25-41(26-10-1)49(42-27-11-2-12-28-42,43-29-13-3-14-30-43)55-57-51-47(37-21-7-22-38-47)53-59-61-62-60-54-48(39-23-8-24-40-48)52-58-56-50(44-31-15-4-16-32-44,45-33-17-5-18-34-45)46-35-19-6-20-36-46/h1-6,9-20,25-36H,7-8,21-24,37-40H2. The van der Waals surface area contributed by atoms with Gasteiger partial charge in [-0.05, 0) is 118 Å². The topological polar surface area (TPSA) is 0 Å². The summed E-state index contributed by atoms with van der Waals surface area (Å²) in [5.74, 6) is 0. The van der Waals surface area contributed by atoms with E-state index in [2.05, 4.69) is 225 Å². The van der Waals surface area contributed by atoms with Gasteiger partial charge in [0.05, 0.1) is 8.16 Å². The molecule has 12 heteroatoms. The number of benzene rings is 6. The average molecular weight is 1040 g/mol. The van der Waals surface area contributed by atoms with E-state index >= 15 is 0 Å². The van der Waals surface area contributed by atoms with Gasteiger partial charge in [-0.1, -0.05) is 285 Å². The summed E-state index contributed by atoms with van der Waals surface area (Å²) in [4.78, 5) is 0. The zero-order valence-electron chi connectivity index (χ0n) is 34.3. The number of hydrogen-bond donors (Lipinski definition) is 0. The van der Waals surface area contributed by atoms with Crippen molar-refractivity contribution in [2.24, 2.45) is 0 Å². The van der Waals surface area contributed by atoms with Crippen LogP contribution in [0.5, 0.6) is 0 Å². The molecule has 2 aliphatic rings. The predicted octanol–water partition coefficient (Wildman–Crippen LogP) is 20.3. The first-order chi connectivity index (χ1) is 30.7. The van der Waals surface area contributed by atoms with E-state index in [1.165, 1.54) is 97.6 Å². The SMILES string of the molecule is c1ccc(C(SSSC2(SSSSSSC3(SSSC(c4ccccc4)(c4ccccc4)c4ccccc4)CCCCC3)CCCCC2)(c2ccccc2)c2ccccc2)cc1. The number of rotatable bonds is 21. The van der Waals surface area contributed by atoms with E-state index in [9.17, 15) is 0 Å². The van der Waals surface area contributed by atoms with Gasteiger partial charge in [-0.3, -0.25) is 0 Å². The van der Waals surface area contributed by atoms with Crippen molar-refractivity contribution < 1.29 is 0 Å². The fourth-order valence-corrected chi connectivity index (χ4v) is 38.2. The minimum atomic E-state index is -0.316. The van der Waals surface area contributed by atoms with E-state index in [0.717, 1.165) is 0 Å². The van der Waals surface area contributed by atoms with Crippen molar-refractivity contribution in [3.63, 3.8) is 0 Å². The van der Waals surface area contributed by atoms with Gasteiger partial charge in [0, 0.05) is 0 Å². The van der Waals surface area contributed by atoms with Gasteiger partial charge in [-0.25, -0.2) is 0 Å². The second-order valence-electron chi connectivity index (χ2n) is 15.4. The molecule has 6 aromatic rings. The Morgan fingerprint density at radius 3 is 0.726 bits per heavy atom. The molecule has 0 aliphatic heterocycles. The molecule has 0 heterocycles. The molecule has 6 aromatic carbocycles. The van der Waals surface area contributed by atoms with Gasteiger partial charge in [0.25, 0.3) is 0 Å². The highest BCUT2D eigenvalue weighted by molar-refractivity contribution is 9.42. The molecule has 62 heavy (non-hydrogen) atoms. The van der Waals surface area contributed by atoms with E-state index < -0.39 is 0 Å². The van der Waals surface area contributed by atoms with Crippen LogP contribution in [0.4, 0.5) is 0 Å². The summed E-state index contributed by atoms with van der Waals surface area (Å²) in [5, 5.41) is 0. The van der Waals surface area contributed by atoms with E-state index in [0.29, 0.717) is 0 Å². The lowest BCUT2D eigenvalue weighted by atomic mass is 9.84. The first-order valence-corrected chi connectivity index (χ1v) is 35.6. The molecule has 322 valence electrons. The van der Waals surface area contributed by atoms with E-state index in [-0.39, 0.29) is 17.7 Å². The maximum absolute atomic E-state index is 2.31. The van der Waals surface area contributed by atoms with Crippen molar-refractivity contribution in [3.05, 3.63) is 215 Å². The van der Waals surface area contributed by atoms with Gasteiger partial charge in [0.1, 0.15) is 9.49 Å². The third kappa shape index (κ3) is 12.0. The van der Waals surface area contributed by atoms with Gasteiger partial charge in [0.15, 0.2) is 0 Å². The molecule has 2 fully saturated rings. The van der Waals surface area contributed by atoms with Gasteiger partial charge in [-0.2, -0.15) is 0 Å². The van der Waals surface area contributed by atoms with Crippen molar-refractivity contribution in [3.8, 4) is 0 Å². The Bertz CT molecular complexity index is 1820. The zero-order chi connectivity index (χ0) is 42.2. The van der Waals surface area contributed by atoms with Crippen LogP contribution in [-0.4, -0.2) is 8.16 Å². The largest absolute Gasteiger partial charge is 0.102 e. The minimum absolute atomic E-state index is 0.193. The lowest BCUT2D eigenvalue weighted by molar-refractivity contribution is 0.494. The maximum Gasteiger partial charge on any atom is 0.102 e. The fraction of sp³-hybridized carbons (Fsp3) is 0.280. The van der Waals surface area contributed by atoms with Crippen LogP contribution in [0.25, 0.3) is 0 Å². The van der Waals surface area contributed by atoms with Crippen LogP contribution in [0.2, 0.25) is 0 Å². The van der Waals surface area contributed by atoms with Crippen LogP contribution in [0.15, 0.2) is 182 Å². The molecular formula is C50H50S12.